The van der Waals surface area contributed by atoms with Gasteiger partial charge in [0.1, 0.15) is 5.75 Å². The smallest absolute Gasteiger partial charge is 0.325 e. The van der Waals surface area contributed by atoms with Crippen LogP contribution in [0.5, 0.6) is 5.75 Å². The lowest BCUT2D eigenvalue weighted by atomic mass is 10.2. The first kappa shape index (κ1) is 18.5. The van der Waals surface area contributed by atoms with E-state index in [1.165, 1.54) is 0 Å². The quantitative estimate of drug-likeness (QED) is 0.629. The van der Waals surface area contributed by atoms with Gasteiger partial charge < -0.3 is 14.5 Å². The third kappa shape index (κ3) is 5.32. The van der Waals surface area contributed by atoms with Gasteiger partial charge in [0.25, 0.3) is 5.22 Å². The van der Waals surface area contributed by atoms with Crippen LogP contribution in [0.1, 0.15) is 0 Å². The fourth-order valence-corrected chi connectivity index (χ4v) is 2.66. The van der Waals surface area contributed by atoms with Crippen LogP contribution in [-0.2, 0) is 4.79 Å². The van der Waals surface area contributed by atoms with Gasteiger partial charge in [0.05, 0.1) is 12.9 Å². The zero-order valence-corrected chi connectivity index (χ0v) is 15.2. The number of methoxy groups -OCH3 is 1. The second-order valence-electron chi connectivity index (χ2n) is 5.26. The molecule has 1 aromatic heterocycles. The Morgan fingerprint density at radius 2 is 1.81 bits per heavy atom. The number of amides is 3. The van der Waals surface area contributed by atoms with Crippen LogP contribution in [0.3, 0.4) is 0 Å². The van der Waals surface area contributed by atoms with Gasteiger partial charge in [-0.05, 0) is 36.4 Å². The molecule has 2 aromatic carbocycles. The second-order valence-corrected chi connectivity index (χ2v) is 6.19. The van der Waals surface area contributed by atoms with Gasteiger partial charge in [-0.1, -0.05) is 30.0 Å². The van der Waals surface area contributed by atoms with Crippen LogP contribution in [0.4, 0.5) is 10.5 Å². The van der Waals surface area contributed by atoms with Gasteiger partial charge >= 0.3 is 6.03 Å². The maximum absolute atomic E-state index is 11.9. The van der Waals surface area contributed by atoms with Gasteiger partial charge in [0, 0.05) is 11.3 Å². The van der Waals surface area contributed by atoms with Gasteiger partial charge in [0.2, 0.25) is 11.8 Å². The Morgan fingerprint density at radius 1 is 1.07 bits per heavy atom. The molecule has 27 heavy (non-hydrogen) atoms. The summed E-state index contributed by atoms with van der Waals surface area (Å²) in [6, 6.07) is 15.4. The fourth-order valence-electron chi connectivity index (χ4n) is 2.09. The molecular formula is C18H16N4O4S. The van der Waals surface area contributed by atoms with Crippen LogP contribution in [0.2, 0.25) is 0 Å². The lowest BCUT2D eigenvalue weighted by Crippen LogP contribution is -2.35. The number of hydrogen-bond donors (Lipinski definition) is 2. The molecule has 3 amide bonds. The minimum absolute atomic E-state index is 0.0353. The van der Waals surface area contributed by atoms with Crippen LogP contribution < -0.4 is 15.4 Å². The Labute approximate surface area is 159 Å². The van der Waals surface area contributed by atoms with E-state index in [-0.39, 0.29) is 11.0 Å². The van der Waals surface area contributed by atoms with Crippen LogP contribution in [0, 0.1) is 0 Å². The van der Waals surface area contributed by atoms with Crippen LogP contribution >= 0.6 is 11.8 Å². The van der Waals surface area contributed by atoms with E-state index in [9.17, 15) is 9.59 Å². The molecule has 0 radical (unpaired) electrons. The van der Waals surface area contributed by atoms with E-state index in [0.717, 1.165) is 17.3 Å². The molecular weight excluding hydrogens is 368 g/mol. The maximum Gasteiger partial charge on any atom is 0.325 e. The van der Waals surface area contributed by atoms with Crippen molar-refractivity contribution < 1.29 is 18.7 Å². The zero-order chi connectivity index (χ0) is 19.1. The van der Waals surface area contributed by atoms with E-state index in [0.29, 0.717) is 17.3 Å². The summed E-state index contributed by atoms with van der Waals surface area (Å²) in [4.78, 5) is 23.7. The Balaban J connectivity index is 1.46. The molecule has 0 unspecified atom stereocenters. The molecule has 0 bridgehead atoms. The number of rotatable bonds is 6. The summed E-state index contributed by atoms with van der Waals surface area (Å²) in [5.74, 6) is 0.524. The number of benzene rings is 2. The highest BCUT2D eigenvalue weighted by Crippen LogP contribution is 2.22. The van der Waals surface area contributed by atoms with Gasteiger partial charge in [-0.15, -0.1) is 10.2 Å². The van der Waals surface area contributed by atoms with E-state index in [4.69, 9.17) is 9.15 Å². The van der Waals surface area contributed by atoms with Crippen molar-refractivity contribution in [1.29, 1.82) is 0 Å². The molecule has 0 fully saturated rings. The molecule has 8 nitrogen and oxygen atoms in total. The summed E-state index contributed by atoms with van der Waals surface area (Å²) in [6.45, 7) is 0. The van der Waals surface area contributed by atoms with Crippen molar-refractivity contribution in [3.63, 3.8) is 0 Å². The molecule has 3 aromatic rings. The summed E-state index contributed by atoms with van der Waals surface area (Å²) in [7, 11) is 1.55. The molecule has 0 aliphatic heterocycles. The maximum atomic E-state index is 11.9. The Morgan fingerprint density at radius 3 is 2.52 bits per heavy atom. The average molecular weight is 384 g/mol. The molecule has 2 N–H and O–H groups in total. The molecule has 9 heteroatoms. The Kier molecular flexibility index (Phi) is 6.06. The fraction of sp³-hybridized carbons (Fsp3) is 0.111. The van der Waals surface area contributed by atoms with Crippen molar-refractivity contribution in [1.82, 2.24) is 15.5 Å². The van der Waals surface area contributed by atoms with E-state index in [1.807, 2.05) is 30.3 Å². The molecule has 3 rings (SSSR count). The lowest BCUT2D eigenvalue weighted by Gasteiger charge is -2.06. The van der Waals surface area contributed by atoms with E-state index in [1.54, 1.807) is 31.4 Å². The summed E-state index contributed by atoms with van der Waals surface area (Å²) in [5, 5.41) is 12.9. The summed E-state index contributed by atoms with van der Waals surface area (Å²) in [6.07, 6.45) is 0. The minimum Gasteiger partial charge on any atom is -0.497 e. The first-order valence-electron chi connectivity index (χ1n) is 7.90. The number of carbonyl (C=O) groups excluding carboxylic acids is 2. The lowest BCUT2D eigenvalue weighted by molar-refractivity contribution is -0.117. The normalized spacial score (nSPS) is 10.3. The number of hydrogen-bond acceptors (Lipinski definition) is 7. The predicted octanol–water partition coefficient (Wildman–Crippen LogP) is 3.19. The average Bonchev–Trinajstić information content (AvgIpc) is 3.17. The number of aromatic nitrogens is 2. The van der Waals surface area contributed by atoms with E-state index in [2.05, 4.69) is 20.8 Å². The second kappa shape index (κ2) is 8.86. The van der Waals surface area contributed by atoms with Gasteiger partial charge in [0.15, 0.2) is 0 Å². The minimum atomic E-state index is -0.624. The van der Waals surface area contributed by atoms with Crippen molar-refractivity contribution in [2.24, 2.45) is 0 Å². The molecule has 0 aliphatic carbocycles. The largest absolute Gasteiger partial charge is 0.497 e. The highest BCUT2D eigenvalue weighted by molar-refractivity contribution is 7.99. The number of imide groups is 1. The van der Waals surface area contributed by atoms with Crippen molar-refractivity contribution >= 4 is 29.4 Å². The molecule has 138 valence electrons. The summed E-state index contributed by atoms with van der Waals surface area (Å²) < 4.78 is 10.5. The van der Waals surface area contributed by atoms with Crippen LogP contribution in [0.25, 0.3) is 11.5 Å². The third-order valence-electron chi connectivity index (χ3n) is 3.35. The zero-order valence-electron chi connectivity index (χ0n) is 14.3. The monoisotopic (exact) mass is 384 g/mol. The molecule has 1 heterocycles. The molecule has 0 aliphatic rings. The molecule has 0 saturated carbocycles. The van der Waals surface area contributed by atoms with Gasteiger partial charge in [-0.25, -0.2) is 4.79 Å². The summed E-state index contributed by atoms with van der Waals surface area (Å²) >= 11 is 1.05. The Bertz CT molecular complexity index is 913. The van der Waals surface area contributed by atoms with E-state index >= 15 is 0 Å². The number of nitrogens with one attached hydrogen (secondary N) is 2. The number of nitrogens with zero attached hydrogens (tertiary/aromatic N) is 2. The number of urea groups is 1. The number of thioether (sulfide) groups is 1. The van der Waals surface area contributed by atoms with Crippen molar-refractivity contribution in [3.8, 4) is 17.2 Å². The highest BCUT2D eigenvalue weighted by atomic mass is 32.2. The third-order valence-corrected chi connectivity index (χ3v) is 4.17. The summed E-state index contributed by atoms with van der Waals surface area (Å²) in [5.41, 5.74) is 1.33. The van der Waals surface area contributed by atoms with E-state index < -0.39 is 11.9 Å². The van der Waals surface area contributed by atoms with Crippen LogP contribution in [-0.4, -0.2) is 35.0 Å². The van der Waals surface area contributed by atoms with Crippen LogP contribution in [0.15, 0.2) is 64.2 Å². The first-order chi connectivity index (χ1) is 13.1. The molecule has 0 saturated heterocycles. The van der Waals surface area contributed by atoms with Gasteiger partial charge in [-0.3, -0.25) is 10.1 Å². The van der Waals surface area contributed by atoms with Gasteiger partial charge in [-0.2, -0.15) is 0 Å². The van der Waals surface area contributed by atoms with Crippen molar-refractivity contribution in [3.05, 3.63) is 54.6 Å². The topological polar surface area (TPSA) is 106 Å². The van der Waals surface area contributed by atoms with Crippen molar-refractivity contribution in [2.75, 3.05) is 18.2 Å². The number of anilines is 1. The predicted molar refractivity (Wildman–Crippen MR) is 101 cm³/mol. The number of ether oxygens (including phenoxy) is 1. The SMILES string of the molecule is COc1ccc(NC(=O)NC(=O)CSc2nnc(-c3ccccc3)o2)cc1. The first-order valence-corrected chi connectivity index (χ1v) is 8.89. The Hall–Kier alpha value is -3.33. The molecule has 0 spiro atoms. The van der Waals surface area contributed by atoms with Crippen molar-refractivity contribution in [2.45, 2.75) is 5.22 Å². The standard InChI is InChI=1S/C18H16N4O4S/c1-25-14-9-7-13(8-10-14)19-17(24)20-15(23)11-27-18-22-21-16(26-18)12-5-3-2-4-6-12/h2-10H,11H2,1H3,(H2,19,20,23,24). The number of carbonyl (C=O) groups is 2. The highest BCUT2D eigenvalue weighted by Gasteiger charge is 2.13. The molecule has 0 atom stereocenters.